The Morgan fingerprint density at radius 2 is 1.31 bits per heavy atom. The van der Waals surface area contributed by atoms with Gasteiger partial charge in [-0.2, -0.15) is 0 Å². The van der Waals surface area contributed by atoms with E-state index in [0.717, 1.165) is 19.3 Å². The molecule has 0 spiro atoms. The fourth-order valence-corrected chi connectivity index (χ4v) is 1.10. The molecular weight excluding hydrogens is 172 g/mol. The van der Waals surface area contributed by atoms with Crippen molar-refractivity contribution in [2.24, 2.45) is 0 Å². The fourth-order valence-electron chi connectivity index (χ4n) is 1.10. The molecule has 74 valence electrons. The molecule has 4 nitrogen and oxygen atoms in total. The molecule has 0 saturated carbocycles. The number of esters is 2. The topological polar surface area (TPSA) is 52.6 Å². The zero-order valence-corrected chi connectivity index (χ0v) is 7.58. The molecule has 2 rings (SSSR count). The molecule has 2 saturated heterocycles. The van der Waals surface area contributed by atoms with Crippen LogP contribution in [-0.4, -0.2) is 25.2 Å². The lowest BCUT2D eigenvalue weighted by Crippen LogP contribution is -2.10. The third kappa shape index (κ3) is 4.50. The summed E-state index contributed by atoms with van der Waals surface area (Å²) in [6.45, 7) is 1.28. The smallest absolute Gasteiger partial charge is 0.305 e. The van der Waals surface area contributed by atoms with E-state index >= 15 is 0 Å². The minimum atomic E-state index is -0.0463. The van der Waals surface area contributed by atoms with Crippen molar-refractivity contribution in [3.63, 3.8) is 0 Å². The van der Waals surface area contributed by atoms with E-state index in [4.69, 9.17) is 0 Å². The van der Waals surface area contributed by atoms with Gasteiger partial charge in [0.05, 0.1) is 13.2 Å². The highest BCUT2D eigenvalue weighted by Crippen LogP contribution is 2.04. The van der Waals surface area contributed by atoms with Crippen molar-refractivity contribution >= 4 is 11.9 Å². The lowest BCUT2D eigenvalue weighted by Gasteiger charge is -2.08. The maximum atomic E-state index is 10.2. The van der Waals surface area contributed by atoms with Crippen LogP contribution in [0.2, 0.25) is 0 Å². The number of hydrogen-bond acceptors (Lipinski definition) is 4. The molecular formula is C9H14O4. The molecule has 0 radical (unpaired) electrons. The Morgan fingerprint density at radius 1 is 0.769 bits per heavy atom. The molecule has 4 heteroatoms. The molecule has 0 aromatic carbocycles. The summed E-state index contributed by atoms with van der Waals surface area (Å²) >= 11 is 0. The van der Waals surface area contributed by atoms with E-state index in [1.54, 1.807) is 0 Å². The Labute approximate surface area is 77.2 Å². The highest BCUT2D eigenvalue weighted by Gasteiger charge is 2.08. The van der Waals surface area contributed by atoms with Gasteiger partial charge in [0.25, 0.3) is 0 Å². The first-order valence-corrected chi connectivity index (χ1v) is 4.60. The number of carbonyl (C=O) groups excluding carboxylic acids is 2. The van der Waals surface area contributed by atoms with E-state index in [-0.39, 0.29) is 11.9 Å². The quantitative estimate of drug-likeness (QED) is 0.530. The predicted octanol–water partition coefficient (Wildman–Crippen LogP) is 1.04. The van der Waals surface area contributed by atoms with E-state index in [1.165, 1.54) is 0 Å². The molecule has 0 aliphatic carbocycles. The molecule has 0 amide bonds. The fraction of sp³-hybridized carbons (Fsp3) is 0.778. The van der Waals surface area contributed by atoms with Gasteiger partial charge >= 0.3 is 11.9 Å². The lowest BCUT2D eigenvalue weighted by atomic mass is 10.2. The molecule has 2 heterocycles. The lowest BCUT2D eigenvalue weighted by molar-refractivity contribution is -0.146. The maximum absolute atomic E-state index is 10.2. The first kappa shape index (κ1) is 10.0. The first-order chi connectivity index (χ1) is 6.29. The summed E-state index contributed by atoms with van der Waals surface area (Å²) in [6, 6.07) is 0. The van der Waals surface area contributed by atoms with Crippen LogP contribution in [0.3, 0.4) is 0 Å². The Bertz CT molecular complexity index is 172. The summed E-state index contributed by atoms with van der Waals surface area (Å²) in [5.74, 6) is -0.0822. The molecule has 13 heavy (non-hydrogen) atoms. The van der Waals surface area contributed by atoms with Gasteiger partial charge in [0.2, 0.25) is 0 Å². The molecule has 0 aromatic heterocycles. The molecule has 0 bridgehead atoms. The van der Waals surface area contributed by atoms with Crippen molar-refractivity contribution < 1.29 is 19.1 Å². The SMILES string of the molecule is O=C1CCCCO1.O=C1CCCO1. The van der Waals surface area contributed by atoms with Crippen LogP contribution >= 0.6 is 0 Å². The molecule has 0 atom stereocenters. The van der Waals surface area contributed by atoms with Gasteiger partial charge in [0, 0.05) is 12.8 Å². The summed E-state index contributed by atoms with van der Waals surface area (Å²) in [5, 5.41) is 0. The second-order valence-electron chi connectivity index (χ2n) is 3.00. The molecule has 0 unspecified atom stereocenters. The standard InChI is InChI=1S/C5H8O2.C4H6O2/c6-5-3-1-2-4-7-5;5-4-2-1-3-6-4/h1-4H2;1-3H2. The van der Waals surface area contributed by atoms with E-state index in [0.29, 0.717) is 26.1 Å². The number of hydrogen-bond donors (Lipinski definition) is 0. The van der Waals surface area contributed by atoms with Crippen LogP contribution < -0.4 is 0 Å². The predicted molar refractivity (Wildman–Crippen MR) is 45.0 cm³/mol. The van der Waals surface area contributed by atoms with Gasteiger partial charge in [-0.3, -0.25) is 9.59 Å². The van der Waals surface area contributed by atoms with Gasteiger partial charge < -0.3 is 9.47 Å². The van der Waals surface area contributed by atoms with Crippen LogP contribution in [0.15, 0.2) is 0 Å². The van der Waals surface area contributed by atoms with E-state index < -0.39 is 0 Å². The normalized spacial score (nSPS) is 21.2. The molecule has 2 aliphatic heterocycles. The average molecular weight is 186 g/mol. The van der Waals surface area contributed by atoms with E-state index in [1.807, 2.05) is 0 Å². The Morgan fingerprint density at radius 3 is 1.54 bits per heavy atom. The molecule has 0 aromatic rings. The Hall–Kier alpha value is -1.06. The van der Waals surface area contributed by atoms with Crippen LogP contribution in [0, 0.1) is 0 Å². The molecule has 2 aliphatic rings. The van der Waals surface area contributed by atoms with Gasteiger partial charge in [0.1, 0.15) is 0 Å². The third-order valence-corrected chi connectivity index (χ3v) is 1.83. The van der Waals surface area contributed by atoms with Crippen LogP contribution in [-0.2, 0) is 19.1 Å². The average Bonchev–Trinajstić information content (AvgIpc) is 2.58. The van der Waals surface area contributed by atoms with Gasteiger partial charge in [-0.1, -0.05) is 0 Å². The van der Waals surface area contributed by atoms with Crippen molar-refractivity contribution in [3.05, 3.63) is 0 Å². The van der Waals surface area contributed by atoms with Gasteiger partial charge in [0.15, 0.2) is 0 Å². The summed E-state index contributed by atoms with van der Waals surface area (Å²) in [5.41, 5.74) is 0. The van der Waals surface area contributed by atoms with Crippen LogP contribution in [0.1, 0.15) is 32.1 Å². The third-order valence-electron chi connectivity index (χ3n) is 1.83. The van der Waals surface area contributed by atoms with Crippen molar-refractivity contribution in [2.75, 3.05) is 13.2 Å². The summed E-state index contributed by atoms with van der Waals surface area (Å²) in [7, 11) is 0. The van der Waals surface area contributed by atoms with Crippen molar-refractivity contribution in [3.8, 4) is 0 Å². The number of rotatable bonds is 0. The molecule has 2 fully saturated rings. The van der Waals surface area contributed by atoms with Crippen molar-refractivity contribution in [2.45, 2.75) is 32.1 Å². The van der Waals surface area contributed by atoms with Crippen LogP contribution in [0.25, 0.3) is 0 Å². The number of cyclic esters (lactones) is 2. The highest BCUT2D eigenvalue weighted by atomic mass is 16.5. The van der Waals surface area contributed by atoms with E-state index in [9.17, 15) is 9.59 Å². The minimum absolute atomic E-state index is 0.0359. The summed E-state index contributed by atoms with van der Waals surface area (Å²) in [4.78, 5) is 20.3. The summed E-state index contributed by atoms with van der Waals surface area (Å²) < 4.78 is 9.15. The second kappa shape index (κ2) is 5.56. The Kier molecular flexibility index (Phi) is 4.29. The minimum Gasteiger partial charge on any atom is -0.466 e. The Balaban J connectivity index is 0.000000132. The molecule has 0 N–H and O–H groups in total. The van der Waals surface area contributed by atoms with Crippen molar-refractivity contribution in [1.82, 2.24) is 0 Å². The second-order valence-corrected chi connectivity index (χ2v) is 3.00. The first-order valence-electron chi connectivity index (χ1n) is 4.60. The zero-order valence-electron chi connectivity index (χ0n) is 7.58. The van der Waals surface area contributed by atoms with Crippen LogP contribution in [0.4, 0.5) is 0 Å². The zero-order chi connectivity index (χ0) is 9.52. The van der Waals surface area contributed by atoms with Gasteiger partial charge in [-0.15, -0.1) is 0 Å². The maximum Gasteiger partial charge on any atom is 0.305 e. The highest BCUT2D eigenvalue weighted by molar-refractivity contribution is 5.70. The van der Waals surface area contributed by atoms with Gasteiger partial charge in [-0.25, -0.2) is 0 Å². The van der Waals surface area contributed by atoms with Gasteiger partial charge in [-0.05, 0) is 19.3 Å². The summed E-state index contributed by atoms with van der Waals surface area (Å²) in [6.07, 6.45) is 4.23. The van der Waals surface area contributed by atoms with E-state index in [2.05, 4.69) is 9.47 Å². The van der Waals surface area contributed by atoms with Crippen molar-refractivity contribution in [1.29, 1.82) is 0 Å². The van der Waals surface area contributed by atoms with Crippen LogP contribution in [0.5, 0.6) is 0 Å². The number of carbonyl (C=O) groups is 2. The number of ether oxygens (including phenoxy) is 2. The largest absolute Gasteiger partial charge is 0.466 e. The monoisotopic (exact) mass is 186 g/mol.